The molecule has 8 heteroatoms. The van der Waals surface area contributed by atoms with Gasteiger partial charge in [-0.1, -0.05) is 65.7 Å². The zero-order valence-electron chi connectivity index (χ0n) is 23.0. The zero-order valence-corrected chi connectivity index (χ0v) is 24.6. The number of hydrogen-bond acceptors (Lipinski definition) is 3. The van der Waals surface area contributed by atoms with Gasteiger partial charge in [0.2, 0.25) is 5.91 Å². The van der Waals surface area contributed by atoms with Crippen molar-refractivity contribution >= 4 is 40.8 Å². The van der Waals surface area contributed by atoms with Crippen LogP contribution >= 0.6 is 23.2 Å². The molecule has 1 aliphatic heterocycles. The van der Waals surface area contributed by atoms with Crippen molar-refractivity contribution in [2.75, 3.05) is 18.4 Å². The molecule has 0 radical (unpaired) electrons. The van der Waals surface area contributed by atoms with E-state index in [9.17, 15) is 4.79 Å². The molecule has 4 atom stereocenters. The lowest BCUT2D eigenvalue weighted by molar-refractivity contribution is -0.118. The molecule has 3 aromatic carbocycles. The highest BCUT2D eigenvalue weighted by Gasteiger charge is 2.27. The number of nitrogens with one attached hydrogen (secondary N) is 2. The summed E-state index contributed by atoms with van der Waals surface area (Å²) in [5.74, 6) is 0.240. The summed E-state index contributed by atoms with van der Waals surface area (Å²) in [5.41, 5.74) is 11.1. The highest BCUT2D eigenvalue weighted by atomic mass is 35.5. The van der Waals surface area contributed by atoms with Gasteiger partial charge in [0.1, 0.15) is 0 Å². The second-order valence-corrected chi connectivity index (χ2v) is 11.9. The van der Waals surface area contributed by atoms with Crippen LogP contribution in [0.15, 0.2) is 71.7 Å². The fourth-order valence-corrected chi connectivity index (χ4v) is 6.56. The van der Waals surface area contributed by atoms with E-state index < -0.39 is 0 Å². The van der Waals surface area contributed by atoms with Gasteiger partial charge in [0, 0.05) is 53.2 Å². The molecular formula is C32H37Cl2N5O. The predicted molar refractivity (Wildman–Crippen MR) is 165 cm³/mol. The van der Waals surface area contributed by atoms with E-state index >= 15 is 0 Å². The second-order valence-electron chi connectivity index (χ2n) is 11.1. The van der Waals surface area contributed by atoms with Crippen LogP contribution in [-0.4, -0.2) is 41.9 Å². The summed E-state index contributed by atoms with van der Waals surface area (Å²) < 4.78 is 0. The summed E-state index contributed by atoms with van der Waals surface area (Å²) in [6, 6.07) is 23.0. The van der Waals surface area contributed by atoms with Crippen molar-refractivity contribution in [3.63, 3.8) is 0 Å². The minimum Gasteiger partial charge on any atom is -0.370 e. The Morgan fingerprint density at radius 2 is 1.80 bits per heavy atom. The number of benzene rings is 3. The van der Waals surface area contributed by atoms with E-state index in [1.807, 2.05) is 30.3 Å². The molecule has 40 heavy (non-hydrogen) atoms. The first-order valence-corrected chi connectivity index (χ1v) is 14.8. The molecule has 1 aliphatic carbocycles. The Hall–Kier alpha value is -3.06. The molecule has 6 nitrogen and oxygen atoms in total. The smallest absolute Gasteiger partial charge is 0.218 e. The third kappa shape index (κ3) is 6.80. The molecule has 1 amide bonds. The van der Waals surface area contributed by atoms with Crippen molar-refractivity contribution < 1.29 is 4.79 Å². The van der Waals surface area contributed by atoms with Crippen LogP contribution in [-0.2, 0) is 11.2 Å². The number of piperazine rings is 1. The monoisotopic (exact) mass is 577 g/mol. The molecule has 0 spiro atoms. The Morgan fingerprint density at radius 3 is 2.50 bits per heavy atom. The number of nitrogens with two attached hydrogens (primary N) is 1. The number of guanidine groups is 1. The maximum Gasteiger partial charge on any atom is 0.218 e. The molecule has 1 fully saturated rings. The lowest BCUT2D eigenvalue weighted by atomic mass is 9.88. The summed E-state index contributed by atoms with van der Waals surface area (Å²) >= 11 is 12.6. The van der Waals surface area contributed by atoms with Gasteiger partial charge in [-0.3, -0.25) is 4.79 Å². The summed E-state index contributed by atoms with van der Waals surface area (Å²) in [4.78, 5) is 19.7. The number of halogens is 2. The maximum atomic E-state index is 12.0. The van der Waals surface area contributed by atoms with Gasteiger partial charge in [-0.25, -0.2) is 4.99 Å². The van der Waals surface area contributed by atoms with Crippen LogP contribution in [0, 0.1) is 0 Å². The third-order valence-electron chi connectivity index (χ3n) is 7.79. The summed E-state index contributed by atoms with van der Waals surface area (Å²) in [6.07, 6.45) is 3.43. The molecule has 3 aromatic rings. The van der Waals surface area contributed by atoms with Gasteiger partial charge in [-0.15, -0.1) is 0 Å². The van der Waals surface area contributed by atoms with Crippen molar-refractivity contribution in [2.45, 2.75) is 63.6 Å². The fraction of sp³-hybridized carbons (Fsp3) is 0.375. The molecule has 2 aliphatic rings. The number of aliphatic imine (C=N–C) groups is 1. The zero-order chi connectivity index (χ0) is 28.2. The van der Waals surface area contributed by atoms with Gasteiger partial charge in [-0.05, 0) is 79.6 Å². The number of rotatable bonds is 6. The SMILES string of the molecule is CC1CN(C(=NC2CCCc3ccccc32)Nc2ccc(C(CC(N)=O)c3ccc(Cl)cc3Cl)cc2)CC(C)N1. The van der Waals surface area contributed by atoms with E-state index in [1.165, 1.54) is 11.1 Å². The first kappa shape index (κ1) is 28.5. The van der Waals surface area contributed by atoms with E-state index in [2.05, 4.69) is 53.6 Å². The number of anilines is 1. The molecule has 1 heterocycles. The van der Waals surface area contributed by atoms with Gasteiger partial charge in [0.05, 0.1) is 6.04 Å². The minimum absolute atomic E-state index is 0.124. The van der Waals surface area contributed by atoms with Gasteiger partial charge >= 0.3 is 0 Å². The molecular weight excluding hydrogens is 541 g/mol. The van der Waals surface area contributed by atoms with Crippen LogP contribution in [0.2, 0.25) is 10.0 Å². The quantitative estimate of drug-likeness (QED) is 0.230. The van der Waals surface area contributed by atoms with Crippen molar-refractivity contribution in [1.29, 1.82) is 0 Å². The average Bonchev–Trinajstić information content (AvgIpc) is 2.92. The molecule has 0 aromatic heterocycles. The number of carbonyl (C=O) groups is 1. The van der Waals surface area contributed by atoms with Crippen molar-refractivity contribution in [2.24, 2.45) is 10.7 Å². The summed E-state index contributed by atoms with van der Waals surface area (Å²) in [6.45, 7) is 6.17. The number of hydrogen-bond donors (Lipinski definition) is 3. The van der Waals surface area contributed by atoms with Crippen LogP contribution in [0.5, 0.6) is 0 Å². The van der Waals surface area contributed by atoms with Gasteiger partial charge in [-0.2, -0.15) is 0 Å². The Kier molecular flexibility index (Phi) is 8.99. The number of amides is 1. The topological polar surface area (TPSA) is 82.8 Å². The van der Waals surface area contributed by atoms with E-state index in [0.717, 1.165) is 55.1 Å². The Labute approximate surface area is 247 Å². The Balaban J connectivity index is 1.44. The van der Waals surface area contributed by atoms with Crippen LogP contribution in [0.3, 0.4) is 0 Å². The van der Waals surface area contributed by atoms with Crippen LogP contribution < -0.4 is 16.4 Å². The van der Waals surface area contributed by atoms with Crippen LogP contribution in [0.4, 0.5) is 5.69 Å². The van der Waals surface area contributed by atoms with E-state index in [4.69, 9.17) is 33.9 Å². The highest BCUT2D eigenvalue weighted by molar-refractivity contribution is 6.35. The largest absolute Gasteiger partial charge is 0.370 e. The average molecular weight is 579 g/mol. The number of fused-ring (bicyclic) bond motifs is 1. The number of aryl methyl sites for hydroxylation is 1. The van der Waals surface area contributed by atoms with E-state index in [1.54, 1.807) is 12.1 Å². The number of nitrogens with zero attached hydrogens (tertiary/aromatic N) is 2. The third-order valence-corrected chi connectivity index (χ3v) is 8.35. The molecule has 1 saturated heterocycles. The molecule has 4 unspecified atom stereocenters. The first-order valence-electron chi connectivity index (χ1n) is 14.0. The lowest BCUT2D eigenvalue weighted by Crippen LogP contribution is -2.57. The van der Waals surface area contributed by atoms with Crippen molar-refractivity contribution in [1.82, 2.24) is 10.2 Å². The van der Waals surface area contributed by atoms with Crippen LogP contribution in [0.25, 0.3) is 0 Å². The lowest BCUT2D eigenvalue weighted by Gasteiger charge is -2.38. The Morgan fingerprint density at radius 1 is 1.07 bits per heavy atom. The first-order chi connectivity index (χ1) is 19.3. The van der Waals surface area contributed by atoms with Gasteiger partial charge in [0.25, 0.3) is 0 Å². The van der Waals surface area contributed by atoms with E-state index in [0.29, 0.717) is 22.1 Å². The molecule has 0 saturated carbocycles. The predicted octanol–water partition coefficient (Wildman–Crippen LogP) is 6.53. The highest BCUT2D eigenvalue weighted by Crippen LogP contribution is 2.36. The Bertz CT molecular complexity index is 1370. The standard InChI is InChI=1S/C32H37Cl2N5O/c1-20-18-39(19-21(2)36-20)32(38-30-9-5-7-22-6-3-4-8-26(22)30)37-25-13-10-23(11-14-25)28(17-31(35)40)27-15-12-24(33)16-29(27)34/h3-4,6,8,10-16,20-21,28,30,36H,5,7,9,17-19H2,1-2H3,(H2,35,40)(H,37,38). The minimum atomic E-state index is -0.387. The fourth-order valence-electron chi connectivity index (χ4n) is 6.02. The molecule has 0 bridgehead atoms. The summed E-state index contributed by atoms with van der Waals surface area (Å²) in [5, 5.41) is 8.34. The normalized spacial score (nSPS) is 21.9. The maximum absolute atomic E-state index is 12.0. The second kappa shape index (κ2) is 12.6. The molecule has 4 N–H and O–H groups in total. The van der Waals surface area contributed by atoms with Gasteiger partial charge < -0.3 is 21.3 Å². The summed E-state index contributed by atoms with van der Waals surface area (Å²) in [7, 11) is 0. The number of carbonyl (C=O) groups excluding carboxylic acids is 1. The molecule has 210 valence electrons. The molecule has 5 rings (SSSR count). The van der Waals surface area contributed by atoms with Crippen LogP contribution in [0.1, 0.15) is 67.3 Å². The van der Waals surface area contributed by atoms with Gasteiger partial charge in [0.15, 0.2) is 5.96 Å². The van der Waals surface area contributed by atoms with E-state index in [-0.39, 0.29) is 24.3 Å². The number of primary amides is 1. The van der Waals surface area contributed by atoms with Crippen molar-refractivity contribution in [3.05, 3.63) is 99.0 Å². The van der Waals surface area contributed by atoms with Crippen molar-refractivity contribution in [3.8, 4) is 0 Å².